The Bertz CT molecular complexity index is 867. The monoisotopic (exact) mass is 365 g/mol. The van der Waals surface area contributed by atoms with Gasteiger partial charge in [0.1, 0.15) is 23.5 Å². The van der Waals surface area contributed by atoms with Crippen LogP contribution in [0.2, 0.25) is 0 Å². The molecule has 0 saturated carbocycles. The van der Waals surface area contributed by atoms with Crippen LogP contribution in [0, 0.1) is 0 Å². The predicted octanol–water partition coefficient (Wildman–Crippen LogP) is 3.82. The third kappa shape index (κ3) is 4.78. The summed E-state index contributed by atoms with van der Waals surface area (Å²) in [7, 11) is 1.65. The Morgan fingerprint density at radius 3 is 2.26 bits per heavy atom. The largest absolute Gasteiger partial charge is 0.497 e. The molecule has 0 bridgehead atoms. The SMILES string of the molecule is CCOc1ccc(Nc2ncnc(NCc3ccc(OC)cc3)c2N)cc1. The number of ether oxygens (including phenoxy) is 2. The van der Waals surface area contributed by atoms with E-state index < -0.39 is 0 Å². The Labute approximate surface area is 158 Å². The highest BCUT2D eigenvalue weighted by Crippen LogP contribution is 2.27. The van der Waals surface area contributed by atoms with Gasteiger partial charge in [0.15, 0.2) is 11.6 Å². The number of nitrogens with two attached hydrogens (primary N) is 1. The van der Waals surface area contributed by atoms with Gasteiger partial charge in [0.05, 0.1) is 13.7 Å². The van der Waals surface area contributed by atoms with Crippen molar-refractivity contribution in [1.82, 2.24) is 9.97 Å². The fourth-order valence-electron chi connectivity index (χ4n) is 2.50. The second-order valence-electron chi connectivity index (χ2n) is 5.77. The van der Waals surface area contributed by atoms with Crippen molar-refractivity contribution >= 4 is 23.0 Å². The van der Waals surface area contributed by atoms with Crippen molar-refractivity contribution in [3.8, 4) is 11.5 Å². The molecule has 4 N–H and O–H groups in total. The Balaban J connectivity index is 1.67. The third-order valence-corrected chi connectivity index (χ3v) is 3.93. The minimum Gasteiger partial charge on any atom is -0.497 e. The Morgan fingerprint density at radius 2 is 1.59 bits per heavy atom. The summed E-state index contributed by atoms with van der Waals surface area (Å²) in [5, 5.41) is 6.45. The third-order valence-electron chi connectivity index (χ3n) is 3.93. The van der Waals surface area contributed by atoms with Gasteiger partial charge in [-0.1, -0.05) is 12.1 Å². The van der Waals surface area contributed by atoms with E-state index in [0.717, 1.165) is 22.7 Å². The summed E-state index contributed by atoms with van der Waals surface area (Å²) >= 11 is 0. The Morgan fingerprint density at radius 1 is 0.926 bits per heavy atom. The molecule has 0 radical (unpaired) electrons. The Kier molecular flexibility index (Phi) is 5.94. The van der Waals surface area contributed by atoms with Crippen molar-refractivity contribution in [2.45, 2.75) is 13.5 Å². The van der Waals surface area contributed by atoms with E-state index in [1.807, 2.05) is 55.5 Å². The van der Waals surface area contributed by atoms with Gasteiger partial charge in [-0.05, 0) is 48.9 Å². The molecule has 0 spiro atoms. The lowest BCUT2D eigenvalue weighted by Crippen LogP contribution is -2.08. The topological polar surface area (TPSA) is 94.3 Å². The predicted molar refractivity (Wildman–Crippen MR) is 108 cm³/mol. The first kappa shape index (κ1) is 18.3. The van der Waals surface area contributed by atoms with E-state index in [9.17, 15) is 0 Å². The van der Waals surface area contributed by atoms with Crippen molar-refractivity contribution in [3.63, 3.8) is 0 Å². The molecule has 0 amide bonds. The van der Waals surface area contributed by atoms with Crippen LogP contribution >= 0.6 is 0 Å². The van der Waals surface area contributed by atoms with Crippen LogP contribution in [0.5, 0.6) is 11.5 Å². The van der Waals surface area contributed by atoms with Crippen molar-refractivity contribution in [2.75, 3.05) is 30.1 Å². The molecule has 3 rings (SSSR count). The van der Waals surface area contributed by atoms with Crippen molar-refractivity contribution in [1.29, 1.82) is 0 Å². The first-order chi connectivity index (χ1) is 13.2. The molecule has 7 nitrogen and oxygen atoms in total. The molecule has 0 fully saturated rings. The van der Waals surface area contributed by atoms with Gasteiger partial charge in [0.25, 0.3) is 0 Å². The quantitative estimate of drug-likeness (QED) is 0.558. The standard InChI is InChI=1S/C20H23N5O2/c1-3-27-17-10-6-15(7-11-17)25-20-18(21)19(23-13-24-20)22-12-14-4-8-16(26-2)9-5-14/h4-11,13H,3,12,21H2,1-2H3,(H2,22,23,24,25). The van der Waals surface area contributed by atoms with E-state index in [0.29, 0.717) is 30.5 Å². The van der Waals surface area contributed by atoms with Gasteiger partial charge < -0.3 is 25.8 Å². The first-order valence-corrected chi connectivity index (χ1v) is 8.66. The molecule has 0 aliphatic carbocycles. The van der Waals surface area contributed by atoms with Gasteiger partial charge in [-0.2, -0.15) is 0 Å². The second kappa shape index (κ2) is 8.75. The van der Waals surface area contributed by atoms with Gasteiger partial charge in [-0.25, -0.2) is 9.97 Å². The summed E-state index contributed by atoms with van der Waals surface area (Å²) in [5.74, 6) is 2.77. The van der Waals surface area contributed by atoms with Crippen LogP contribution in [0.4, 0.5) is 23.0 Å². The Hall–Kier alpha value is -3.48. The van der Waals surface area contributed by atoms with E-state index in [2.05, 4.69) is 20.6 Å². The van der Waals surface area contributed by atoms with Crippen LogP contribution in [0.3, 0.4) is 0 Å². The first-order valence-electron chi connectivity index (χ1n) is 8.66. The highest BCUT2D eigenvalue weighted by molar-refractivity contribution is 5.77. The van der Waals surface area contributed by atoms with Crippen LogP contribution < -0.4 is 25.8 Å². The lowest BCUT2D eigenvalue weighted by atomic mass is 10.2. The molecular weight excluding hydrogens is 342 g/mol. The molecule has 140 valence electrons. The number of hydrogen-bond donors (Lipinski definition) is 3. The average Bonchev–Trinajstić information content (AvgIpc) is 2.71. The number of hydrogen-bond acceptors (Lipinski definition) is 7. The number of methoxy groups -OCH3 is 1. The van der Waals surface area contributed by atoms with Gasteiger partial charge in [0.2, 0.25) is 0 Å². The highest BCUT2D eigenvalue weighted by atomic mass is 16.5. The summed E-state index contributed by atoms with van der Waals surface area (Å²) in [4.78, 5) is 8.47. The normalized spacial score (nSPS) is 10.3. The average molecular weight is 365 g/mol. The second-order valence-corrected chi connectivity index (χ2v) is 5.77. The summed E-state index contributed by atoms with van der Waals surface area (Å²) in [5.41, 5.74) is 8.64. The summed E-state index contributed by atoms with van der Waals surface area (Å²) in [6, 6.07) is 15.4. The zero-order valence-corrected chi connectivity index (χ0v) is 15.4. The molecule has 0 saturated heterocycles. The number of anilines is 4. The van der Waals surface area contributed by atoms with Gasteiger partial charge in [-0.15, -0.1) is 0 Å². The number of nitrogens with one attached hydrogen (secondary N) is 2. The van der Waals surface area contributed by atoms with E-state index >= 15 is 0 Å². The van der Waals surface area contributed by atoms with Crippen molar-refractivity contribution < 1.29 is 9.47 Å². The molecule has 27 heavy (non-hydrogen) atoms. The molecule has 0 aliphatic heterocycles. The zero-order valence-electron chi connectivity index (χ0n) is 15.4. The lowest BCUT2D eigenvalue weighted by Gasteiger charge is -2.13. The highest BCUT2D eigenvalue weighted by Gasteiger charge is 2.08. The van der Waals surface area contributed by atoms with Gasteiger partial charge >= 0.3 is 0 Å². The van der Waals surface area contributed by atoms with Gasteiger partial charge in [-0.3, -0.25) is 0 Å². The zero-order chi connectivity index (χ0) is 19.1. The molecule has 0 unspecified atom stereocenters. The molecule has 1 aromatic heterocycles. The van der Waals surface area contributed by atoms with E-state index in [4.69, 9.17) is 15.2 Å². The molecular formula is C20H23N5O2. The summed E-state index contributed by atoms with van der Waals surface area (Å²) < 4.78 is 10.6. The number of nitrogens with zero attached hydrogens (tertiary/aromatic N) is 2. The fourth-order valence-corrected chi connectivity index (χ4v) is 2.50. The molecule has 0 aliphatic rings. The van der Waals surface area contributed by atoms with Crippen LogP contribution in [0.1, 0.15) is 12.5 Å². The van der Waals surface area contributed by atoms with Crippen LogP contribution in [0.25, 0.3) is 0 Å². The molecule has 0 atom stereocenters. The maximum atomic E-state index is 6.22. The molecule has 3 aromatic rings. The number of rotatable bonds is 8. The van der Waals surface area contributed by atoms with Gasteiger partial charge in [0, 0.05) is 12.2 Å². The van der Waals surface area contributed by atoms with E-state index in [1.54, 1.807) is 7.11 Å². The van der Waals surface area contributed by atoms with E-state index in [1.165, 1.54) is 6.33 Å². The van der Waals surface area contributed by atoms with Crippen LogP contribution in [0.15, 0.2) is 54.9 Å². The van der Waals surface area contributed by atoms with Crippen molar-refractivity contribution in [3.05, 3.63) is 60.4 Å². The molecule has 7 heteroatoms. The number of nitrogen functional groups attached to an aromatic ring is 1. The molecule has 1 heterocycles. The maximum absolute atomic E-state index is 6.22. The van der Waals surface area contributed by atoms with Crippen molar-refractivity contribution in [2.24, 2.45) is 0 Å². The summed E-state index contributed by atoms with van der Waals surface area (Å²) in [6.07, 6.45) is 1.48. The van der Waals surface area contributed by atoms with Crippen LogP contribution in [-0.4, -0.2) is 23.7 Å². The molecule has 2 aromatic carbocycles. The smallest absolute Gasteiger partial charge is 0.159 e. The minimum atomic E-state index is 0.458. The summed E-state index contributed by atoms with van der Waals surface area (Å²) in [6.45, 7) is 3.18. The number of aromatic nitrogens is 2. The maximum Gasteiger partial charge on any atom is 0.159 e. The lowest BCUT2D eigenvalue weighted by molar-refractivity contribution is 0.340. The minimum absolute atomic E-state index is 0.458. The number of benzene rings is 2. The fraction of sp³-hybridized carbons (Fsp3) is 0.200. The van der Waals surface area contributed by atoms with Crippen LogP contribution in [-0.2, 0) is 6.54 Å². The van der Waals surface area contributed by atoms with E-state index in [-0.39, 0.29) is 0 Å².